The van der Waals surface area contributed by atoms with Crippen LogP contribution in [0.15, 0.2) is 48.5 Å². The Morgan fingerprint density at radius 2 is 1.68 bits per heavy atom. The number of carbonyl (C=O) groups excluding carboxylic acids is 1. The number of nitrogens with zero attached hydrogens (tertiary/aromatic N) is 1. The highest BCUT2D eigenvalue weighted by molar-refractivity contribution is 5.91. The molecule has 2 aromatic carbocycles. The van der Waals surface area contributed by atoms with Gasteiger partial charge in [-0.05, 0) is 35.9 Å². The van der Waals surface area contributed by atoms with Crippen molar-refractivity contribution in [3.8, 4) is 0 Å². The number of likely N-dealkylation sites (N-methyl/N-ethyl adjacent to an activating group) is 1. The van der Waals surface area contributed by atoms with Gasteiger partial charge in [-0.2, -0.15) is 13.2 Å². The maximum atomic E-state index is 13.5. The van der Waals surface area contributed by atoms with Crippen LogP contribution in [-0.2, 0) is 17.5 Å². The van der Waals surface area contributed by atoms with Crippen molar-refractivity contribution in [1.82, 2.24) is 4.90 Å². The zero-order chi connectivity index (χ0) is 18.6. The Bertz CT molecular complexity index is 778. The molecule has 0 fully saturated rings. The SMILES string of the molecule is CN(Cc1cccc(C(F)(F)F)c1)C(=O)C=Cc1c(F)cccc1F. The largest absolute Gasteiger partial charge is 0.416 e. The summed E-state index contributed by atoms with van der Waals surface area (Å²) in [7, 11) is 1.38. The van der Waals surface area contributed by atoms with Crippen molar-refractivity contribution in [1.29, 1.82) is 0 Å². The molecule has 2 nitrogen and oxygen atoms in total. The van der Waals surface area contributed by atoms with Gasteiger partial charge >= 0.3 is 6.18 Å². The molecule has 0 saturated carbocycles. The van der Waals surface area contributed by atoms with E-state index in [9.17, 15) is 26.7 Å². The molecule has 0 heterocycles. The van der Waals surface area contributed by atoms with Gasteiger partial charge in [-0.25, -0.2) is 8.78 Å². The first-order valence-corrected chi connectivity index (χ1v) is 7.22. The third-order valence-corrected chi connectivity index (χ3v) is 3.44. The van der Waals surface area contributed by atoms with Crippen LogP contribution < -0.4 is 0 Å². The fourth-order valence-electron chi connectivity index (χ4n) is 2.15. The molecule has 132 valence electrons. The highest BCUT2D eigenvalue weighted by Crippen LogP contribution is 2.29. The van der Waals surface area contributed by atoms with Gasteiger partial charge in [0.2, 0.25) is 5.91 Å². The number of hydrogen-bond donors (Lipinski definition) is 0. The predicted octanol–water partition coefficient (Wildman–Crippen LogP) is 4.66. The molecule has 0 radical (unpaired) electrons. The molecular formula is C18H14F5NO. The Balaban J connectivity index is 2.10. The Hall–Kier alpha value is -2.70. The topological polar surface area (TPSA) is 20.3 Å². The summed E-state index contributed by atoms with van der Waals surface area (Å²) in [5.41, 5.74) is -0.880. The minimum Gasteiger partial charge on any atom is -0.338 e. The molecule has 25 heavy (non-hydrogen) atoms. The molecule has 0 aromatic heterocycles. The summed E-state index contributed by atoms with van der Waals surface area (Å²) in [6.07, 6.45) is -2.51. The number of carbonyl (C=O) groups is 1. The lowest BCUT2D eigenvalue weighted by atomic mass is 10.1. The van der Waals surface area contributed by atoms with Gasteiger partial charge in [0.1, 0.15) is 11.6 Å². The van der Waals surface area contributed by atoms with Crippen molar-refractivity contribution in [2.45, 2.75) is 12.7 Å². The second-order valence-electron chi connectivity index (χ2n) is 5.36. The van der Waals surface area contributed by atoms with E-state index in [1.807, 2.05) is 0 Å². The molecule has 0 bridgehead atoms. The minimum atomic E-state index is -4.47. The molecule has 2 rings (SSSR count). The van der Waals surface area contributed by atoms with Crippen LogP contribution in [0, 0.1) is 11.6 Å². The van der Waals surface area contributed by atoms with Crippen molar-refractivity contribution in [3.05, 3.63) is 76.9 Å². The smallest absolute Gasteiger partial charge is 0.338 e. The molecule has 7 heteroatoms. The van der Waals surface area contributed by atoms with E-state index in [0.29, 0.717) is 0 Å². The van der Waals surface area contributed by atoms with Crippen molar-refractivity contribution < 1.29 is 26.7 Å². The lowest BCUT2D eigenvalue weighted by Gasteiger charge is -2.16. The van der Waals surface area contributed by atoms with Gasteiger partial charge in [-0.1, -0.05) is 18.2 Å². The second-order valence-corrected chi connectivity index (χ2v) is 5.36. The maximum Gasteiger partial charge on any atom is 0.416 e. The predicted molar refractivity (Wildman–Crippen MR) is 83.3 cm³/mol. The van der Waals surface area contributed by atoms with Crippen LogP contribution in [0.5, 0.6) is 0 Å². The summed E-state index contributed by atoms with van der Waals surface area (Å²) >= 11 is 0. The van der Waals surface area contributed by atoms with Gasteiger partial charge in [0.25, 0.3) is 0 Å². The summed E-state index contributed by atoms with van der Waals surface area (Å²) in [6.45, 7) is -0.0765. The number of benzene rings is 2. The van der Waals surface area contributed by atoms with Gasteiger partial charge in [-0.15, -0.1) is 0 Å². The number of hydrogen-bond acceptors (Lipinski definition) is 1. The van der Waals surface area contributed by atoms with E-state index in [4.69, 9.17) is 0 Å². The van der Waals surface area contributed by atoms with E-state index in [0.717, 1.165) is 41.3 Å². The Labute approximate surface area is 141 Å². The Kier molecular flexibility index (Phi) is 5.56. The lowest BCUT2D eigenvalue weighted by Crippen LogP contribution is -2.24. The summed E-state index contributed by atoms with van der Waals surface area (Å²) in [5, 5.41) is 0. The van der Waals surface area contributed by atoms with E-state index < -0.39 is 29.3 Å². The summed E-state index contributed by atoms with van der Waals surface area (Å²) in [6, 6.07) is 7.90. The van der Waals surface area contributed by atoms with Gasteiger partial charge in [0, 0.05) is 25.2 Å². The number of halogens is 5. The normalized spacial score (nSPS) is 11.8. The summed E-state index contributed by atoms with van der Waals surface area (Å²) < 4.78 is 65.0. The highest BCUT2D eigenvalue weighted by atomic mass is 19.4. The average Bonchev–Trinajstić information content (AvgIpc) is 2.53. The Morgan fingerprint density at radius 3 is 2.28 bits per heavy atom. The van der Waals surface area contributed by atoms with Crippen molar-refractivity contribution in [2.75, 3.05) is 7.05 Å². The molecule has 0 atom stereocenters. The fraction of sp³-hybridized carbons (Fsp3) is 0.167. The molecule has 2 aromatic rings. The second kappa shape index (κ2) is 7.46. The third kappa shape index (κ3) is 4.89. The highest BCUT2D eigenvalue weighted by Gasteiger charge is 2.30. The number of alkyl halides is 3. The van der Waals surface area contributed by atoms with E-state index in [2.05, 4.69) is 0 Å². The van der Waals surface area contributed by atoms with Gasteiger partial charge in [0.05, 0.1) is 5.56 Å². The summed E-state index contributed by atoms with van der Waals surface area (Å²) in [5.74, 6) is -2.23. The molecular weight excluding hydrogens is 341 g/mol. The van der Waals surface area contributed by atoms with Crippen LogP contribution in [-0.4, -0.2) is 17.9 Å². The van der Waals surface area contributed by atoms with E-state index in [1.165, 1.54) is 25.2 Å². The van der Waals surface area contributed by atoms with Crippen molar-refractivity contribution in [3.63, 3.8) is 0 Å². The number of rotatable bonds is 4. The Morgan fingerprint density at radius 1 is 1.08 bits per heavy atom. The van der Waals surface area contributed by atoms with E-state index in [1.54, 1.807) is 0 Å². The van der Waals surface area contributed by atoms with Gasteiger partial charge in [0.15, 0.2) is 0 Å². The first-order chi connectivity index (χ1) is 11.7. The van der Waals surface area contributed by atoms with Crippen LogP contribution in [0.1, 0.15) is 16.7 Å². The molecule has 0 N–H and O–H groups in total. The van der Waals surface area contributed by atoms with Crippen LogP contribution in [0.25, 0.3) is 6.08 Å². The molecule has 0 aliphatic rings. The molecule has 0 saturated heterocycles. The van der Waals surface area contributed by atoms with E-state index in [-0.39, 0.29) is 17.7 Å². The first-order valence-electron chi connectivity index (χ1n) is 7.22. The summed E-state index contributed by atoms with van der Waals surface area (Å²) in [4.78, 5) is 13.1. The lowest BCUT2D eigenvalue weighted by molar-refractivity contribution is -0.137. The average molecular weight is 355 g/mol. The molecule has 0 spiro atoms. The minimum absolute atomic E-state index is 0.0765. The molecule has 0 aliphatic heterocycles. The molecule has 1 amide bonds. The van der Waals surface area contributed by atoms with Crippen LogP contribution in [0.4, 0.5) is 22.0 Å². The van der Waals surface area contributed by atoms with Gasteiger partial charge < -0.3 is 4.90 Å². The third-order valence-electron chi connectivity index (χ3n) is 3.44. The maximum absolute atomic E-state index is 13.5. The van der Waals surface area contributed by atoms with Crippen molar-refractivity contribution in [2.24, 2.45) is 0 Å². The monoisotopic (exact) mass is 355 g/mol. The first kappa shape index (κ1) is 18.6. The van der Waals surface area contributed by atoms with Crippen LogP contribution in [0.2, 0.25) is 0 Å². The standard InChI is InChI=1S/C18H14F5NO/c1-24(11-12-4-2-5-13(10-12)18(21,22)23)17(25)9-8-14-15(19)6-3-7-16(14)20/h2-10H,11H2,1H3. The van der Waals surface area contributed by atoms with Gasteiger partial charge in [-0.3, -0.25) is 4.79 Å². The zero-order valence-corrected chi connectivity index (χ0v) is 13.1. The molecule has 0 unspecified atom stereocenters. The zero-order valence-electron chi connectivity index (χ0n) is 13.1. The van der Waals surface area contributed by atoms with E-state index >= 15 is 0 Å². The number of amides is 1. The van der Waals surface area contributed by atoms with Crippen molar-refractivity contribution >= 4 is 12.0 Å². The van der Waals surface area contributed by atoms with Crippen LogP contribution >= 0.6 is 0 Å². The quantitative estimate of drug-likeness (QED) is 0.577. The van der Waals surface area contributed by atoms with Crippen LogP contribution in [0.3, 0.4) is 0 Å². The molecule has 0 aliphatic carbocycles. The fourth-order valence-corrected chi connectivity index (χ4v) is 2.15.